The molecule has 0 amide bonds. The lowest BCUT2D eigenvalue weighted by molar-refractivity contribution is -0.118. The maximum absolute atomic E-state index is 13.2. The molecule has 2 heterocycles. The van der Waals surface area contributed by atoms with Crippen LogP contribution in [0.3, 0.4) is 0 Å². The van der Waals surface area contributed by atoms with E-state index in [9.17, 15) is 4.79 Å². The van der Waals surface area contributed by atoms with Gasteiger partial charge in [0, 0.05) is 23.3 Å². The van der Waals surface area contributed by atoms with Gasteiger partial charge in [-0.1, -0.05) is 44.2 Å². The Labute approximate surface area is 175 Å². The fourth-order valence-electron chi connectivity index (χ4n) is 4.41. The number of ether oxygens (including phenoxy) is 1. The summed E-state index contributed by atoms with van der Waals surface area (Å²) in [4.78, 5) is 18.0. The lowest BCUT2D eigenvalue weighted by atomic mass is 9.73. The van der Waals surface area contributed by atoms with Crippen molar-refractivity contribution in [3.05, 3.63) is 71.4 Å². The number of fused-ring (bicyclic) bond motifs is 1. The lowest BCUT2D eigenvalue weighted by Crippen LogP contribution is -2.36. The van der Waals surface area contributed by atoms with E-state index in [2.05, 4.69) is 19.2 Å². The largest absolute Gasteiger partial charge is 0.497 e. The van der Waals surface area contributed by atoms with E-state index in [1.54, 1.807) is 7.11 Å². The van der Waals surface area contributed by atoms with E-state index in [4.69, 9.17) is 14.8 Å². The monoisotopic (exact) mass is 400 g/mol. The van der Waals surface area contributed by atoms with Crippen LogP contribution in [0.1, 0.15) is 38.3 Å². The van der Waals surface area contributed by atoms with Crippen LogP contribution in [0.2, 0.25) is 0 Å². The van der Waals surface area contributed by atoms with Gasteiger partial charge in [0.2, 0.25) is 5.95 Å². The molecule has 2 aromatic carbocycles. The Kier molecular flexibility index (Phi) is 4.24. The highest BCUT2D eigenvalue weighted by molar-refractivity contribution is 6.00. The highest BCUT2D eigenvalue weighted by Crippen LogP contribution is 2.45. The molecule has 1 aliphatic carbocycles. The summed E-state index contributed by atoms with van der Waals surface area (Å²) in [6.07, 6.45) is 1.34. The first-order valence-corrected chi connectivity index (χ1v) is 10.1. The Morgan fingerprint density at radius 2 is 1.80 bits per heavy atom. The van der Waals surface area contributed by atoms with Gasteiger partial charge in [0.15, 0.2) is 11.6 Å². The first-order chi connectivity index (χ1) is 14.4. The summed E-state index contributed by atoms with van der Waals surface area (Å²) in [5.41, 5.74) is 3.62. The van der Waals surface area contributed by atoms with E-state index >= 15 is 0 Å². The maximum Gasteiger partial charge on any atom is 0.226 e. The van der Waals surface area contributed by atoms with Gasteiger partial charge < -0.3 is 10.1 Å². The van der Waals surface area contributed by atoms with E-state index in [-0.39, 0.29) is 17.2 Å². The minimum Gasteiger partial charge on any atom is -0.497 e. The topological polar surface area (TPSA) is 69.0 Å². The number of carbonyl (C=O) groups is 1. The molecule has 0 spiro atoms. The van der Waals surface area contributed by atoms with Gasteiger partial charge in [0.25, 0.3) is 0 Å². The minimum absolute atomic E-state index is 0.0782. The minimum atomic E-state index is -0.277. The average Bonchev–Trinajstić information content (AvgIpc) is 3.15. The van der Waals surface area contributed by atoms with E-state index in [1.807, 2.05) is 59.3 Å². The van der Waals surface area contributed by atoms with Gasteiger partial charge in [-0.15, -0.1) is 5.10 Å². The molecule has 0 saturated heterocycles. The van der Waals surface area contributed by atoms with E-state index in [0.29, 0.717) is 18.2 Å². The second kappa shape index (κ2) is 6.83. The molecule has 1 aromatic heterocycles. The van der Waals surface area contributed by atoms with Gasteiger partial charge in [-0.3, -0.25) is 4.79 Å². The van der Waals surface area contributed by atoms with Crippen LogP contribution in [0.4, 0.5) is 5.95 Å². The molecular formula is C24H24N4O2. The zero-order valence-electron chi connectivity index (χ0n) is 17.3. The molecule has 0 bridgehead atoms. The standard InChI is InChI=1S/C24H24N4O2/c1-24(2)13-18-20(19(29)14-24)21(15-7-5-4-6-8-15)28-23(25-18)26-22(27-28)16-9-11-17(30-3)12-10-16/h4-12,21H,13-14H2,1-3H3,(H,25,26,27). The number of Topliss-reactive ketones (excluding diaryl/α,β-unsaturated/α-hetero) is 1. The van der Waals surface area contributed by atoms with Gasteiger partial charge >= 0.3 is 0 Å². The number of nitrogens with one attached hydrogen (secondary N) is 1. The lowest BCUT2D eigenvalue weighted by Gasteiger charge is -2.38. The summed E-state index contributed by atoms with van der Waals surface area (Å²) in [5, 5.41) is 8.23. The third kappa shape index (κ3) is 3.09. The van der Waals surface area contributed by atoms with E-state index < -0.39 is 0 Å². The van der Waals surface area contributed by atoms with Crippen molar-refractivity contribution >= 4 is 11.7 Å². The average molecular weight is 400 g/mol. The summed E-state index contributed by atoms with van der Waals surface area (Å²) < 4.78 is 7.11. The highest BCUT2D eigenvalue weighted by Gasteiger charge is 2.41. The Bertz CT molecular complexity index is 1140. The van der Waals surface area contributed by atoms with Gasteiger partial charge in [-0.05, 0) is 41.7 Å². The zero-order valence-corrected chi connectivity index (χ0v) is 17.3. The van der Waals surface area contributed by atoms with Crippen LogP contribution in [0.5, 0.6) is 5.75 Å². The highest BCUT2D eigenvalue weighted by atomic mass is 16.5. The van der Waals surface area contributed by atoms with Crippen LogP contribution >= 0.6 is 0 Å². The fourth-order valence-corrected chi connectivity index (χ4v) is 4.41. The Hall–Kier alpha value is -3.41. The number of benzene rings is 2. The molecule has 1 atom stereocenters. The van der Waals surface area contributed by atoms with Crippen LogP contribution < -0.4 is 10.1 Å². The van der Waals surface area contributed by atoms with Crippen molar-refractivity contribution in [2.45, 2.75) is 32.7 Å². The summed E-state index contributed by atoms with van der Waals surface area (Å²) in [6.45, 7) is 4.27. The number of carbonyl (C=O) groups excluding carboxylic acids is 1. The summed E-state index contributed by atoms with van der Waals surface area (Å²) in [6, 6.07) is 17.5. The Morgan fingerprint density at radius 1 is 1.07 bits per heavy atom. The molecule has 0 radical (unpaired) electrons. The molecule has 0 fully saturated rings. The van der Waals surface area contributed by atoms with Crippen LogP contribution in [-0.4, -0.2) is 27.7 Å². The molecule has 5 rings (SSSR count). The predicted molar refractivity (Wildman–Crippen MR) is 115 cm³/mol. The van der Waals surface area contributed by atoms with E-state index in [1.165, 1.54) is 0 Å². The second-order valence-electron chi connectivity index (χ2n) is 8.70. The van der Waals surface area contributed by atoms with Crippen molar-refractivity contribution in [2.75, 3.05) is 12.4 Å². The first-order valence-electron chi connectivity index (χ1n) is 10.1. The number of hydrogen-bond donors (Lipinski definition) is 1. The van der Waals surface area contributed by atoms with E-state index in [0.717, 1.165) is 34.6 Å². The first kappa shape index (κ1) is 18.6. The Morgan fingerprint density at radius 3 is 2.50 bits per heavy atom. The molecule has 3 aromatic rings. The van der Waals surface area contributed by atoms with Crippen molar-refractivity contribution in [2.24, 2.45) is 5.41 Å². The molecule has 2 aliphatic rings. The molecule has 1 N–H and O–H groups in total. The number of nitrogens with zero attached hydrogens (tertiary/aromatic N) is 3. The van der Waals surface area contributed by atoms with Crippen LogP contribution in [0.25, 0.3) is 11.4 Å². The van der Waals surface area contributed by atoms with Gasteiger partial charge in [-0.2, -0.15) is 4.98 Å². The smallest absolute Gasteiger partial charge is 0.226 e. The molecule has 6 heteroatoms. The van der Waals surface area contributed by atoms with Gasteiger partial charge in [-0.25, -0.2) is 4.68 Å². The molecule has 152 valence electrons. The number of aromatic nitrogens is 3. The summed E-state index contributed by atoms with van der Waals surface area (Å²) in [7, 11) is 1.64. The third-order valence-corrected chi connectivity index (χ3v) is 5.80. The van der Waals surface area contributed by atoms with Gasteiger partial charge in [0.1, 0.15) is 11.8 Å². The normalized spacial score (nSPS) is 19.7. The zero-order chi connectivity index (χ0) is 20.9. The summed E-state index contributed by atoms with van der Waals surface area (Å²) in [5.74, 6) is 2.24. The van der Waals surface area contributed by atoms with Crippen molar-refractivity contribution < 1.29 is 9.53 Å². The number of ketones is 1. The molecule has 1 aliphatic heterocycles. The predicted octanol–water partition coefficient (Wildman–Crippen LogP) is 4.61. The molecule has 30 heavy (non-hydrogen) atoms. The third-order valence-electron chi connectivity index (χ3n) is 5.80. The fraction of sp³-hybridized carbons (Fsp3) is 0.292. The number of methoxy groups -OCH3 is 1. The SMILES string of the molecule is COc1ccc(-c2nc3n(n2)C(c2ccccc2)C2=C(CC(C)(C)CC2=O)N3)cc1. The molecular weight excluding hydrogens is 376 g/mol. The van der Waals surface area contributed by atoms with Crippen LogP contribution in [0, 0.1) is 5.41 Å². The Balaban J connectivity index is 1.64. The number of anilines is 1. The maximum atomic E-state index is 13.2. The van der Waals surface area contributed by atoms with Crippen molar-refractivity contribution in [1.29, 1.82) is 0 Å². The summed E-state index contributed by atoms with van der Waals surface area (Å²) >= 11 is 0. The number of rotatable bonds is 3. The van der Waals surface area contributed by atoms with Crippen molar-refractivity contribution in [3.63, 3.8) is 0 Å². The molecule has 6 nitrogen and oxygen atoms in total. The van der Waals surface area contributed by atoms with Crippen molar-refractivity contribution in [3.8, 4) is 17.1 Å². The molecule has 1 unspecified atom stereocenters. The quantitative estimate of drug-likeness (QED) is 0.695. The van der Waals surface area contributed by atoms with Crippen LogP contribution in [0.15, 0.2) is 65.9 Å². The second-order valence-corrected chi connectivity index (χ2v) is 8.70. The molecule has 0 saturated carbocycles. The number of allylic oxidation sites excluding steroid dienone is 2. The van der Waals surface area contributed by atoms with Crippen LogP contribution in [-0.2, 0) is 4.79 Å². The van der Waals surface area contributed by atoms with Crippen molar-refractivity contribution in [1.82, 2.24) is 14.8 Å². The number of hydrogen-bond acceptors (Lipinski definition) is 5. The van der Waals surface area contributed by atoms with Gasteiger partial charge in [0.05, 0.1) is 7.11 Å².